The maximum Gasteiger partial charge on any atom is 0.324 e. The fourth-order valence-corrected chi connectivity index (χ4v) is 3.83. The highest BCUT2D eigenvalue weighted by Crippen LogP contribution is 2.49. The minimum absolute atomic E-state index is 0.310. The topological polar surface area (TPSA) is 75.7 Å². The number of carbonyl (C=O) groups excluding carboxylic acids is 3. The van der Waals surface area contributed by atoms with Crippen molar-refractivity contribution in [3.05, 3.63) is 0 Å². The summed E-state index contributed by atoms with van der Waals surface area (Å²) in [6.07, 6.45) is 5.34. The van der Waals surface area contributed by atoms with E-state index in [9.17, 15) is 14.4 Å². The van der Waals surface area contributed by atoms with Crippen molar-refractivity contribution in [1.29, 1.82) is 0 Å². The smallest absolute Gasteiger partial charge is 0.324 e. The van der Waals surface area contributed by atoms with Crippen molar-refractivity contribution in [3.8, 4) is 0 Å². The average molecular weight is 280 g/mol. The molecule has 20 heavy (non-hydrogen) atoms. The fourth-order valence-electron chi connectivity index (χ4n) is 3.83. The maximum absolute atomic E-state index is 11.8. The highest BCUT2D eigenvalue weighted by molar-refractivity contribution is 5.96. The Bertz CT molecular complexity index is 437. The maximum atomic E-state index is 11.8. The molecular weight excluding hydrogens is 260 g/mol. The van der Waals surface area contributed by atoms with Crippen LogP contribution in [-0.2, 0) is 14.3 Å². The number of ether oxygens (including phenoxy) is 1. The number of amides is 3. The summed E-state index contributed by atoms with van der Waals surface area (Å²) in [6.45, 7) is 0.484. The molecule has 6 nitrogen and oxygen atoms in total. The number of urea groups is 1. The van der Waals surface area contributed by atoms with Gasteiger partial charge in [0.15, 0.2) is 6.61 Å². The van der Waals surface area contributed by atoms with E-state index in [2.05, 4.69) is 5.32 Å². The van der Waals surface area contributed by atoms with E-state index in [1.807, 2.05) is 0 Å². The second kappa shape index (κ2) is 5.42. The van der Waals surface area contributed by atoms with E-state index in [4.69, 9.17) is 4.74 Å². The predicted molar refractivity (Wildman–Crippen MR) is 69.6 cm³/mol. The minimum Gasteiger partial charge on any atom is -0.456 e. The van der Waals surface area contributed by atoms with Gasteiger partial charge in [0.2, 0.25) is 0 Å². The summed E-state index contributed by atoms with van der Waals surface area (Å²) in [5.41, 5.74) is 0. The van der Waals surface area contributed by atoms with Gasteiger partial charge in [-0.2, -0.15) is 0 Å². The molecule has 2 bridgehead atoms. The summed E-state index contributed by atoms with van der Waals surface area (Å²) in [6, 6.07) is -0.404. The van der Waals surface area contributed by atoms with Crippen LogP contribution in [0, 0.1) is 17.8 Å². The Hall–Kier alpha value is -1.59. The lowest BCUT2D eigenvalue weighted by molar-refractivity contribution is -0.151. The number of hydrogen-bond acceptors (Lipinski definition) is 4. The van der Waals surface area contributed by atoms with E-state index in [0.29, 0.717) is 31.3 Å². The number of carbonyl (C=O) groups is 3. The van der Waals surface area contributed by atoms with Crippen LogP contribution < -0.4 is 5.32 Å². The monoisotopic (exact) mass is 280 g/mol. The Morgan fingerprint density at radius 2 is 2.15 bits per heavy atom. The molecule has 3 atom stereocenters. The normalized spacial score (nSPS) is 31.5. The third-order valence-electron chi connectivity index (χ3n) is 4.83. The molecule has 1 saturated heterocycles. The molecule has 1 heterocycles. The summed E-state index contributed by atoms with van der Waals surface area (Å²) in [4.78, 5) is 35.9. The minimum atomic E-state index is -0.443. The molecule has 3 aliphatic rings. The first-order chi connectivity index (χ1) is 9.63. The number of hydrogen-bond donors (Lipinski definition) is 1. The van der Waals surface area contributed by atoms with Crippen molar-refractivity contribution >= 4 is 17.9 Å². The summed E-state index contributed by atoms with van der Waals surface area (Å²) in [5, 5.41) is 2.54. The van der Waals surface area contributed by atoms with Gasteiger partial charge in [0.1, 0.15) is 0 Å². The molecule has 3 fully saturated rings. The van der Waals surface area contributed by atoms with Crippen LogP contribution in [0.15, 0.2) is 0 Å². The van der Waals surface area contributed by atoms with E-state index in [1.165, 1.54) is 19.3 Å². The van der Waals surface area contributed by atoms with E-state index in [-0.39, 0.29) is 12.6 Å². The first kappa shape index (κ1) is 13.4. The van der Waals surface area contributed by atoms with Crippen molar-refractivity contribution in [2.75, 3.05) is 19.7 Å². The molecule has 6 heteroatoms. The highest BCUT2D eigenvalue weighted by Gasteiger charge is 2.40. The molecule has 2 saturated carbocycles. The number of rotatable bonds is 4. The van der Waals surface area contributed by atoms with Crippen molar-refractivity contribution in [2.24, 2.45) is 17.8 Å². The second-order valence-corrected chi connectivity index (χ2v) is 6.08. The van der Waals surface area contributed by atoms with E-state index < -0.39 is 11.9 Å². The Labute approximate surface area is 117 Å². The van der Waals surface area contributed by atoms with Gasteiger partial charge in [0.25, 0.3) is 5.91 Å². The van der Waals surface area contributed by atoms with Crippen molar-refractivity contribution in [1.82, 2.24) is 10.2 Å². The van der Waals surface area contributed by atoms with E-state index >= 15 is 0 Å². The molecule has 0 aromatic heterocycles. The first-order valence-electron chi connectivity index (χ1n) is 7.37. The molecule has 3 amide bonds. The SMILES string of the molecule is O=C(CC1CC2CCC1C2)OCC(=O)N1CCNC1=O. The summed E-state index contributed by atoms with van der Waals surface area (Å²) in [5.74, 6) is 1.16. The quantitative estimate of drug-likeness (QED) is 0.777. The van der Waals surface area contributed by atoms with Gasteiger partial charge in [-0.15, -0.1) is 0 Å². The second-order valence-electron chi connectivity index (χ2n) is 6.08. The Morgan fingerprint density at radius 1 is 1.30 bits per heavy atom. The number of esters is 1. The van der Waals surface area contributed by atoms with Crippen LogP contribution in [0.1, 0.15) is 32.1 Å². The fraction of sp³-hybridized carbons (Fsp3) is 0.786. The van der Waals surface area contributed by atoms with E-state index in [0.717, 1.165) is 17.2 Å². The van der Waals surface area contributed by atoms with Crippen LogP contribution >= 0.6 is 0 Å². The number of imide groups is 1. The highest BCUT2D eigenvalue weighted by atomic mass is 16.5. The Balaban J connectivity index is 1.41. The number of nitrogens with one attached hydrogen (secondary N) is 1. The van der Waals surface area contributed by atoms with Gasteiger partial charge in [-0.3, -0.25) is 14.5 Å². The largest absolute Gasteiger partial charge is 0.456 e. The molecule has 0 aromatic rings. The molecular formula is C14H20N2O4. The third-order valence-corrected chi connectivity index (χ3v) is 4.83. The zero-order valence-corrected chi connectivity index (χ0v) is 11.5. The molecule has 1 aliphatic heterocycles. The van der Waals surface area contributed by atoms with Crippen LogP contribution in [0.5, 0.6) is 0 Å². The Kier molecular flexibility index (Phi) is 3.63. The number of fused-ring (bicyclic) bond motifs is 2. The summed E-state index contributed by atoms with van der Waals surface area (Å²) >= 11 is 0. The first-order valence-corrected chi connectivity index (χ1v) is 7.37. The molecule has 110 valence electrons. The van der Waals surface area contributed by atoms with Crippen LogP contribution in [0.4, 0.5) is 4.79 Å². The molecule has 3 rings (SSSR count). The lowest BCUT2D eigenvalue weighted by Crippen LogP contribution is -2.37. The Morgan fingerprint density at radius 3 is 2.75 bits per heavy atom. The lowest BCUT2D eigenvalue weighted by Gasteiger charge is -2.20. The van der Waals surface area contributed by atoms with Gasteiger partial charge in [-0.05, 0) is 37.0 Å². The molecule has 0 aromatic carbocycles. The zero-order valence-electron chi connectivity index (χ0n) is 11.5. The van der Waals surface area contributed by atoms with Crippen LogP contribution in [-0.4, -0.2) is 42.5 Å². The summed E-state index contributed by atoms with van der Waals surface area (Å²) < 4.78 is 5.02. The summed E-state index contributed by atoms with van der Waals surface area (Å²) in [7, 11) is 0. The van der Waals surface area contributed by atoms with Gasteiger partial charge in [-0.25, -0.2) is 4.79 Å². The third kappa shape index (κ3) is 2.64. The predicted octanol–water partition coefficient (Wildman–Crippen LogP) is 0.908. The lowest BCUT2D eigenvalue weighted by atomic mass is 9.86. The molecule has 0 spiro atoms. The van der Waals surface area contributed by atoms with Crippen molar-refractivity contribution in [3.63, 3.8) is 0 Å². The van der Waals surface area contributed by atoms with Gasteiger partial charge in [-0.1, -0.05) is 6.42 Å². The average Bonchev–Trinajstić information content (AvgIpc) is 3.12. The van der Waals surface area contributed by atoms with Gasteiger partial charge in [0.05, 0.1) is 0 Å². The zero-order chi connectivity index (χ0) is 14.1. The molecule has 0 radical (unpaired) electrons. The van der Waals surface area contributed by atoms with Gasteiger partial charge in [0, 0.05) is 19.5 Å². The van der Waals surface area contributed by atoms with Crippen LogP contribution in [0.25, 0.3) is 0 Å². The van der Waals surface area contributed by atoms with Crippen LogP contribution in [0.3, 0.4) is 0 Å². The van der Waals surface area contributed by atoms with Crippen molar-refractivity contribution in [2.45, 2.75) is 32.1 Å². The molecule has 3 unspecified atom stereocenters. The number of nitrogens with zero attached hydrogens (tertiary/aromatic N) is 1. The molecule has 1 N–H and O–H groups in total. The van der Waals surface area contributed by atoms with Gasteiger partial charge < -0.3 is 10.1 Å². The van der Waals surface area contributed by atoms with Gasteiger partial charge >= 0.3 is 12.0 Å². The van der Waals surface area contributed by atoms with Crippen LogP contribution in [0.2, 0.25) is 0 Å². The van der Waals surface area contributed by atoms with E-state index in [1.54, 1.807) is 0 Å². The standard InChI is InChI=1S/C14H20N2O4/c17-12(16-4-3-15-14(16)19)8-20-13(18)7-11-6-9-1-2-10(11)5-9/h9-11H,1-8H2,(H,15,19). The molecule has 2 aliphatic carbocycles. The van der Waals surface area contributed by atoms with Crippen molar-refractivity contribution < 1.29 is 19.1 Å².